The van der Waals surface area contributed by atoms with Gasteiger partial charge in [-0.15, -0.1) is 0 Å². The Morgan fingerprint density at radius 2 is 1.15 bits per heavy atom. The van der Waals surface area contributed by atoms with E-state index in [1.807, 2.05) is 6.20 Å². The Morgan fingerprint density at radius 1 is 0.625 bits per heavy atom. The minimum atomic E-state index is -0.0770. The minimum Gasteiger partial charge on any atom is -0.290 e. The van der Waals surface area contributed by atoms with Crippen molar-refractivity contribution in [2.45, 2.75) is 38.5 Å². The number of halogens is 1. The van der Waals surface area contributed by atoms with E-state index in [0.29, 0.717) is 0 Å². The third-order valence-corrected chi connectivity index (χ3v) is 9.77. The van der Waals surface area contributed by atoms with Crippen LogP contribution in [0.1, 0.15) is 49.9 Å². The molecular weight excluding hydrogens is 554 g/mol. The van der Waals surface area contributed by atoms with Crippen LogP contribution < -0.4 is 0 Å². The Bertz CT molecular complexity index is 2030. The first-order chi connectivity index (χ1) is 19.2. The fourth-order valence-electron chi connectivity index (χ4n) is 7.01. The van der Waals surface area contributed by atoms with Gasteiger partial charge in [-0.05, 0) is 72.6 Å². The third-order valence-electron chi connectivity index (χ3n) is 9.18. The van der Waals surface area contributed by atoms with E-state index in [2.05, 4.69) is 139 Å². The van der Waals surface area contributed by atoms with Crippen molar-refractivity contribution in [3.05, 3.63) is 124 Å². The van der Waals surface area contributed by atoms with Crippen LogP contribution in [0.2, 0.25) is 0 Å². The van der Waals surface area contributed by atoms with Gasteiger partial charge in [-0.3, -0.25) is 4.40 Å². The molecule has 0 N–H and O–H groups in total. The largest absolute Gasteiger partial charge is 0.290 e. The molecule has 3 nitrogen and oxygen atoms in total. The minimum absolute atomic E-state index is 0.0645. The fourth-order valence-corrected chi connectivity index (χ4v) is 7.38. The lowest BCUT2D eigenvalue weighted by Gasteiger charge is -2.22. The maximum absolute atomic E-state index is 5.30. The first-order valence-electron chi connectivity index (χ1n) is 13.8. The summed E-state index contributed by atoms with van der Waals surface area (Å²) in [5.74, 6) is 0. The number of imidazole rings is 1. The Kier molecular flexibility index (Phi) is 4.78. The average Bonchev–Trinajstić information content (AvgIpc) is 3.54. The summed E-state index contributed by atoms with van der Waals surface area (Å²) in [6.45, 7) is 9.27. The number of hydrogen-bond acceptors (Lipinski definition) is 2. The van der Waals surface area contributed by atoms with Crippen LogP contribution in [0.4, 0.5) is 0 Å². The highest BCUT2D eigenvalue weighted by atomic mass is 79.9. The highest BCUT2D eigenvalue weighted by molar-refractivity contribution is 9.10. The molecule has 0 bridgehead atoms. The summed E-state index contributed by atoms with van der Waals surface area (Å²) in [4.78, 5) is 10.1. The Balaban J connectivity index is 1.31. The number of nitrogens with zero attached hydrogens (tertiary/aromatic N) is 3. The van der Waals surface area contributed by atoms with Gasteiger partial charge in [0.1, 0.15) is 10.3 Å². The van der Waals surface area contributed by atoms with Gasteiger partial charge in [0, 0.05) is 28.2 Å². The molecule has 0 radical (unpaired) electrons. The molecule has 0 amide bonds. The van der Waals surface area contributed by atoms with E-state index in [4.69, 9.17) is 9.97 Å². The van der Waals surface area contributed by atoms with Gasteiger partial charge in [-0.25, -0.2) is 9.97 Å². The van der Waals surface area contributed by atoms with Gasteiger partial charge in [0.05, 0.1) is 11.9 Å². The van der Waals surface area contributed by atoms with Crippen molar-refractivity contribution in [1.29, 1.82) is 0 Å². The van der Waals surface area contributed by atoms with Crippen LogP contribution in [-0.2, 0) is 10.8 Å². The Morgan fingerprint density at radius 3 is 1.77 bits per heavy atom. The van der Waals surface area contributed by atoms with Crippen molar-refractivity contribution in [2.75, 3.05) is 0 Å². The molecule has 4 aromatic carbocycles. The number of rotatable bonds is 2. The zero-order valence-electron chi connectivity index (χ0n) is 23.0. The van der Waals surface area contributed by atoms with Crippen LogP contribution in [0.5, 0.6) is 0 Å². The summed E-state index contributed by atoms with van der Waals surface area (Å²) in [7, 11) is 0. The molecule has 2 heterocycles. The molecule has 40 heavy (non-hydrogen) atoms. The smallest absolute Gasteiger partial charge is 0.164 e. The average molecular weight is 583 g/mol. The van der Waals surface area contributed by atoms with Gasteiger partial charge in [0.15, 0.2) is 5.65 Å². The second kappa shape index (κ2) is 8.02. The zero-order valence-corrected chi connectivity index (χ0v) is 24.5. The van der Waals surface area contributed by atoms with Crippen molar-refractivity contribution in [3.8, 4) is 44.8 Å². The van der Waals surface area contributed by atoms with Crippen molar-refractivity contribution < 1.29 is 0 Å². The van der Waals surface area contributed by atoms with Gasteiger partial charge in [-0.2, -0.15) is 0 Å². The number of hydrogen-bond donors (Lipinski definition) is 0. The normalized spacial score (nSPS) is 15.5. The monoisotopic (exact) mass is 581 g/mol. The molecule has 0 atom stereocenters. The standard InChI is InChI=1S/C36H28BrN3/c1-35(2)27-11-7-5-9-23(27)25-15-13-21(17-29(25)35)31-20-40-32(37)19-38-34(40)33(39-31)22-14-16-26-24-10-6-8-12-28(24)36(3,4)30(26)18-22/h5-20H,1-4H3. The van der Waals surface area contributed by atoms with Gasteiger partial charge < -0.3 is 0 Å². The second-order valence-corrected chi connectivity index (χ2v) is 12.9. The molecule has 0 unspecified atom stereocenters. The van der Waals surface area contributed by atoms with Crippen LogP contribution in [0, 0.1) is 0 Å². The van der Waals surface area contributed by atoms with E-state index in [1.165, 1.54) is 44.5 Å². The zero-order chi connectivity index (χ0) is 27.4. The van der Waals surface area contributed by atoms with E-state index in [1.54, 1.807) is 0 Å². The Hall–Kier alpha value is -4.02. The molecule has 8 rings (SSSR count). The predicted octanol–water partition coefficient (Wildman–Crippen LogP) is 9.44. The molecule has 0 aliphatic heterocycles. The first kappa shape index (κ1) is 23.8. The molecule has 194 valence electrons. The van der Waals surface area contributed by atoms with E-state index in [9.17, 15) is 0 Å². The second-order valence-electron chi connectivity index (χ2n) is 12.1. The van der Waals surface area contributed by atoms with Crippen LogP contribution in [0.3, 0.4) is 0 Å². The lowest BCUT2D eigenvalue weighted by molar-refractivity contribution is 0.660. The molecule has 2 aliphatic rings. The van der Waals surface area contributed by atoms with Crippen LogP contribution in [0.15, 0.2) is 102 Å². The number of aromatic nitrogens is 3. The summed E-state index contributed by atoms with van der Waals surface area (Å²) in [5.41, 5.74) is 15.4. The molecule has 2 aromatic heterocycles. The van der Waals surface area contributed by atoms with Gasteiger partial charge in [-0.1, -0.05) is 100 Å². The molecular formula is C36H28BrN3. The maximum atomic E-state index is 5.30. The van der Waals surface area contributed by atoms with Crippen molar-refractivity contribution in [2.24, 2.45) is 0 Å². The van der Waals surface area contributed by atoms with Crippen LogP contribution in [-0.4, -0.2) is 14.4 Å². The Labute approximate surface area is 242 Å². The number of benzene rings is 4. The molecule has 6 aromatic rings. The highest BCUT2D eigenvalue weighted by Gasteiger charge is 2.36. The predicted molar refractivity (Wildman–Crippen MR) is 167 cm³/mol. The quantitative estimate of drug-likeness (QED) is 0.204. The summed E-state index contributed by atoms with van der Waals surface area (Å²) < 4.78 is 3.02. The van der Waals surface area contributed by atoms with Crippen LogP contribution in [0.25, 0.3) is 50.4 Å². The maximum Gasteiger partial charge on any atom is 0.164 e. The molecule has 0 fully saturated rings. The molecule has 4 heteroatoms. The van der Waals surface area contributed by atoms with E-state index < -0.39 is 0 Å². The van der Waals surface area contributed by atoms with Crippen molar-refractivity contribution in [1.82, 2.24) is 14.4 Å². The van der Waals surface area contributed by atoms with Gasteiger partial charge >= 0.3 is 0 Å². The molecule has 0 spiro atoms. The van der Waals surface area contributed by atoms with E-state index >= 15 is 0 Å². The van der Waals surface area contributed by atoms with Crippen LogP contribution >= 0.6 is 15.9 Å². The van der Waals surface area contributed by atoms with Gasteiger partial charge in [0.25, 0.3) is 0 Å². The highest BCUT2D eigenvalue weighted by Crippen LogP contribution is 2.51. The van der Waals surface area contributed by atoms with Crippen molar-refractivity contribution in [3.63, 3.8) is 0 Å². The molecule has 0 saturated heterocycles. The molecule has 2 aliphatic carbocycles. The lowest BCUT2D eigenvalue weighted by Crippen LogP contribution is -2.15. The van der Waals surface area contributed by atoms with E-state index in [0.717, 1.165) is 32.8 Å². The first-order valence-corrected chi connectivity index (χ1v) is 14.6. The van der Waals surface area contributed by atoms with Gasteiger partial charge in [0.2, 0.25) is 0 Å². The summed E-state index contributed by atoms with van der Waals surface area (Å²) in [6.07, 6.45) is 3.96. The topological polar surface area (TPSA) is 30.2 Å². The van der Waals surface area contributed by atoms with E-state index in [-0.39, 0.29) is 10.8 Å². The summed E-state index contributed by atoms with van der Waals surface area (Å²) in [6, 6.07) is 31.1. The summed E-state index contributed by atoms with van der Waals surface area (Å²) in [5, 5.41) is 0. The third kappa shape index (κ3) is 3.11. The molecule has 0 saturated carbocycles. The summed E-state index contributed by atoms with van der Waals surface area (Å²) >= 11 is 3.73. The fraction of sp³-hybridized carbons (Fsp3) is 0.167. The van der Waals surface area contributed by atoms with Crippen molar-refractivity contribution >= 4 is 21.6 Å². The lowest BCUT2D eigenvalue weighted by atomic mass is 9.82. The SMILES string of the molecule is CC1(C)c2ccccc2-c2ccc(-c3cn4c(Br)cnc4c(-c4ccc5c(c4)C(C)(C)c4ccccc4-5)n3)cc21. The number of fused-ring (bicyclic) bond motifs is 7.